The lowest BCUT2D eigenvalue weighted by Gasteiger charge is -2.48. The van der Waals surface area contributed by atoms with E-state index in [2.05, 4.69) is 0 Å². The molecule has 4 nitrogen and oxygen atoms in total. The SMILES string of the molecule is CCOC(=O)C1(OC)CCCC(C)C1(C)O. The molecule has 0 heterocycles. The maximum atomic E-state index is 12.0. The van der Waals surface area contributed by atoms with Crippen molar-refractivity contribution in [2.45, 2.75) is 51.2 Å². The largest absolute Gasteiger partial charge is 0.464 e. The average Bonchev–Trinajstić information content (AvgIpc) is 2.22. The molecule has 3 atom stereocenters. The number of hydrogen-bond acceptors (Lipinski definition) is 4. The number of carbonyl (C=O) groups is 1. The summed E-state index contributed by atoms with van der Waals surface area (Å²) < 4.78 is 10.4. The zero-order valence-electron chi connectivity index (χ0n) is 10.6. The van der Waals surface area contributed by atoms with Crippen molar-refractivity contribution in [1.82, 2.24) is 0 Å². The van der Waals surface area contributed by atoms with Crippen LogP contribution in [0.5, 0.6) is 0 Å². The summed E-state index contributed by atoms with van der Waals surface area (Å²) in [5.41, 5.74) is -2.38. The monoisotopic (exact) mass is 230 g/mol. The van der Waals surface area contributed by atoms with E-state index in [1.54, 1.807) is 13.8 Å². The number of methoxy groups -OCH3 is 1. The molecule has 0 aromatic heterocycles. The van der Waals surface area contributed by atoms with Gasteiger partial charge in [0.05, 0.1) is 6.61 Å². The van der Waals surface area contributed by atoms with Gasteiger partial charge >= 0.3 is 5.97 Å². The molecule has 3 unspecified atom stereocenters. The van der Waals surface area contributed by atoms with Gasteiger partial charge in [-0.3, -0.25) is 0 Å². The molecule has 4 heteroatoms. The Balaban J connectivity index is 3.04. The summed E-state index contributed by atoms with van der Waals surface area (Å²) in [6, 6.07) is 0. The molecule has 0 spiro atoms. The van der Waals surface area contributed by atoms with E-state index in [9.17, 15) is 9.90 Å². The van der Waals surface area contributed by atoms with Gasteiger partial charge in [-0.05, 0) is 39.0 Å². The lowest BCUT2D eigenvalue weighted by molar-refractivity contribution is -0.224. The van der Waals surface area contributed by atoms with Crippen molar-refractivity contribution in [3.8, 4) is 0 Å². The van der Waals surface area contributed by atoms with E-state index in [0.717, 1.165) is 12.8 Å². The minimum atomic E-state index is -1.21. The van der Waals surface area contributed by atoms with E-state index in [1.165, 1.54) is 7.11 Å². The Morgan fingerprint density at radius 3 is 2.69 bits per heavy atom. The van der Waals surface area contributed by atoms with Gasteiger partial charge in [0, 0.05) is 7.11 Å². The summed E-state index contributed by atoms with van der Waals surface area (Å²) in [5.74, 6) is -0.431. The van der Waals surface area contributed by atoms with E-state index in [0.29, 0.717) is 13.0 Å². The first kappa shape index (κ1) is 13.5. The van der Waals surface area contributed by atoms with Crippen LogP contribution in [0.2, 0.25) is 0 Å². The van der Waals surface area contributed by atoms with E-state index in [-0.39, 0.29) is 5.92 Å². The second-order valence-electron chi connectivity index (χ2n) is 4.69. The Morgan fingerprint density at radius 1 is 1.56 bits per heavy atom. The van der Waals surface area contributed by atoms with Crippen molar-refractivity contribution in [3.63, 3.8) is 0 Å². The second-order valence-corrected chi connectivity index (χ2v) is 4.69. The minimum absolute atomic E-state index is 0.0191. The summed E-state index contributed by atoms with van der Waals surface area (Å²) in [6.07, 6.45) is 2.28. The van der Waals surface area contributed by atoms with Crippen molar-refractivity contribution in [2.75, 3.05) is 13.7 Å². The van der Waals surface area contributed by atoms with Crippen LogP contribution in [0.4, 0.5) is 0 Å². The smallest absolute Gasteiger partial charge is 0.341 e. The number of rotatable bonds is 3. The molecule has 1 aliphatic carbocycles. The van der Waals surface area contributed by atoms with Gasteiger partial charge in [-0.25, -0.2) is 4.79 Å². The van der Waals surface area contributed by atoms with Gasteiger partial charge in [0.2, 0.25) is 0 Å². The number of esters is 1. The maximum absolute atomic E-state index is 12.0. The molecular weight excluding hydrogens is 208 g/mol. The Morgan fingerprint density at radius 2 is 2.19 bits per heavy atom. The normalized spacial score (nSPS) is 39.4. The third-order valence-electron chi connectivity index (χ3n) is 3.90. The number of aliphatic hydroxyl groups is 1. The average molecular weight is 230 g/mol. The predicted molar refractivity (Wildman–Crippen MR) is 60.0 cm³/mol. The predicted octanol–water partition coefficient (Wildman–Crippen LogP) is 1.51. The first-order valence-corrected chi connectivity index (χ1v) is 5.87. The first-order chi connectivity index (χ1) is 7.42. The number of ether oxygens (including phenoxy) is 2. The molecule has 0 aromatic carbocycles. The first-order valence-electron chi connectivity index (χ1n) is 5.87. The molecule has 1 aliphatic rings. The van der Waals surface area contributed by atoms with Gasteiger partial charge in [-0.2, -0.15) is 0 Å². The van der Waals surface area contributed by atoms with Crippen LogP contribution in [0.25, 0.3) is 0 Å². The molecule has 1 fully saturated rings. The van der Waals surface area contributed by atoms with Gasteiger partial charge in [0.25, 0.3) is 0 Å². The standard InChI is InChI=1S/C12H22O4/c1-5-16-10(13)12(15-4)8-6-7-9(2)11(12,3)14/h9,14H,5-8H2,1-4H3. The van der Waals surface area contributed by atoms with Crippen LogP contribution in [0.3, 0.4) is 0 Å². The van der Waals surface area contributed by atoms with Crippen LogP contribution < -0.4 is 0 Å². The van der Waals surface area contributed by atoms with Crippen LogP contribution >= 0.6 is 0 Å². The van der Waals surface area contributed by atoms with Gasteiger partial charge in [-0.15, -0.1) is 0 Å². The van der Waals surface area contributed by atoms with Gasteiger partial charge in [-0.1, -0.05) is 6.92 Å². The maximum Gasteiger partial charge on any atom is 0.341 e. The van der Waals surface area contributed by atoms with Crippen LogP contribution in [0.1, 0.15) is 40.0 Å². The third kappa shape index (κ3) is 1.84. The van der Waals surface area contributed by atoms with E-state index >= 15 is 0 Å². The van der Waals surface area contributed by atoms with Gasteiger partial charge in [0.15, 0.2) is 5.60 Å². The molecule has 94 valence electrons. The second kappa shape index (κ2) is 4.72. The topological polar surface area (TPSA) is 55.8 Å². The molecule has 0 radical (unpaired) electrons. The lowest BCUT2D eigenvalue weighted by atomic mass is 9.66. The zero-order chi connectivity index (χ0) is 12.4. The molecule has 0 amide bonds. The molecule has 0 aromatic rings. The summed E-state index contributed by atoms with van der Waals surface area (Å²) in [4.78, 5) is 12.0. The zero-order valence-corrected chi connectivity index (χ0v) is 10.6. The van der Waals surface area contributed by atoms with E-state index < -0.39 is 17.2 Å². The molecule has 0 aliphatic heterocycles. The highest BCUT2D eigenvalue weighted by atomic mass is 16.6. The van der Waals surface area contributed by atoms with Crippen LogP contribution in [0.15, 0.2) is 0 Å². The minimum Gasteiger partial charge on any atom is -0.464 e. The van der Waals surface area contributed by atoms with E-state index in [4.69, 9.17) is 9.47 Å². The van der Waals surface area contributed by atoms with Crippen molar-refractivity contribution in [1.29, 1.82) is 0 Å². The summed E-state index contributed by atoms with van der Waals surface area (Å²) in [6.45, 7) is 5.65. The highest BCUT2D eigenvalue weighted by molar-refractivity contribution is 5.81. The third-order valence-corrected chi connectivity index (χ3v) is 3.90. The van der Waals surface area contributed by atoms with Crippen molar-refractivity contribution in [3.05, 3.63) is 0 Å². The van der Waals surface area contributed by atoms with Crippen molar-refractivity contribution >= 4 is 5.97 Å². The van der Waals surface area contributed by atoms with E-state index in [1.807, 2.05) is 6.92 Å². The fourth-order valence-electron chi connectivity index (χ4n) is 2.54. The highest BCUT2D eigenvalue weighted by Crippen LogP contribution is 2.43. The fraction of sp³-hybridized carbons (Fsp3) is 0.917. The van der Waals surface area contributed by atoms with Gasteiger partial charge < -0.3 is 14.6 Å². The Labute approximate surface area is 96.9 Å². The quantitative estimate of drug-likeness (QED) is 0.747. The number of carbonyl (C=O) groups excluding carboxylic acids is 1. The molecule has 1 saturated carbocycles. The summed E-state index contributed by atoms with van der Waals surface area (Å²) in [7, 11) is 1.46. The Kier molecular flexibility index (Phi) is 3.97. The summed E-state index contributed by atoms with van der Waals surface area (Å²) in [5, 5.41) is 10.5. The van der Waals surface area contributed by atoms with Crippen LogP contribution in [-0.2, 0) is 14.3 Å². The summed E-state index contributed by atoms with van der Waals surface area (Å²) >= 11 is 0. The molecule has 0 saturated heterocycles. The van der Waals surface area contributed by atoms with Crippen molar-refractivity contribution in [2.24, 2.45) is 5.92 Å². The molecule has 1 rings (SSSR count). The van der Waals surface area contributed by atoms with Gasteiger partial charge in [0.1, 0.15) is 5.60 Å². The Bertz CT molecular complexity index is 262. The van der Waals surface area contributed by atoms with Crippen molar-refractivity contribution < 1.29 is 19.4 Å². The fourth-order valence-corrected chi connectivity index (χ4v) is 2.54. The highest BCUT2D eigenvalue weighted by Gasteiger charge is 2.59. The van der Waals surface area contributed by atoms with Crippen LogP contribution in [0, 0.1) is 5.92 Å². The molecule has 16 heavy (non-hydrogen) atoms. The molecular formula is C12H22O4. The molecule has 1 N–H and O–H groups in total. The molecule has 0 bridgehead atoms. The lowest BCUT2D eigenvalue weighted by Crippen LogP contribution is -2.64. The van der Waals surface area contributed by atoms with Crippen LogP contribution in [-0.4, -0.2) is 36.0 Å². The number of hydrogen-bond donors (Lipinski definition) is 1. The Hall–Kier alpha value is -0.610.